The van der Waals surface area contributed by atoms with E-state index in [1.54, 1.807) is 0 Å². The lowest BCUT2D eigenvalue weighted by Crippen LogP contribution is -2.12. The van der Waals surface area contributed by atoms with Crippen molar-refractivity contribution in [2.45, 2.75) is 111 Å². The summed E-state index contributed by atoms with van der Waals surface area (Å²) < 4.78 is 10.0. The fourth-order valence-corrected chi connectivity index (χ4v) is 2.78. The topological polar surface area (TPSA) is 35.5 Å². The number of rotatable bonds is 18. The number of hydrogen-bond acceptors (Lipinski definition) is 3. The number of carbonyl (C=O) groups is 1. The van der Waals surface area contributed by atoms with E-state index >= 15 is 0 Å². The number of hydrogen-bond donors (Lipinski definition) is 0. The van der Waals surface area contributed by atoms with Crippen LogP contribution in [-0.4, -0.2) is 19.4 Å². The van der Waals surface area contributed by atoms with Gasteiger partial charge in [-0.25, -0.2) is 4.79 Å². The van der Waals surface area contributed by atoms with Crippen molar-refractivity contribution in [1.29, 1.82) is 0 Å². The van der Waals surface area contributed by atoms with Gasteiger partial charge in [0.2, 0.25) is 0 Å². The molecule has 0 atom stereocenters. The van der Waals surface area contributed by atoms with E-state index in [-0.39, 0.29) is 0 Å². The molecule has 0 spiro atoms. The third kappa shape index (κ3) is 21.1. The fourth-order valence-electron chi connectivity index (χ4n) is 2.78. The predicted molar refractivity (Wildman–Crippen MR) is 112 cm³/mol. The maximum absolute atomic E-state index is 11.3. The molecule has 0 aliphatic carbocycles. The minimum atomic E-state index is -0.522. The van der Waals surface area contributed by atoms with Crippen LogP contribution in [0.3, 0.4) is 0 Å². The zero-order valence-corrected chi connectivity index (χ0v) is 17.8. The number of allylic oxidation sites excluding steroid dienone is 2. The molecule has 0 heterocycles. The zero-order valence-electron chi connectivity index (χ0n) is 17.8. The Balaban J connectivity index is 3.17. The Morgan fingerprint density at radius 2 is 1.23 bits per heavy atom. The van der Waals surface area contributed by atoms with E-state index in [2.05, 4.69) is 19.1 Å². The van der Waals surface area contributed by atoms with E-state index < -0.39 is 6.16 Å². The van der Waals surface area contributed by atoms with Crippen molar-refractivity contribution in [3.63, 3.8) is 0 Å². The summed E-state index contributed by atoms with van der Waals surface area (Å²) in [7, 11) is 0. The average molecular weight is 369 g/mol. The van der Waals surface area contributed by atoms with Gasteiger partial charge in [-0.05, 0) is 38.0 Å². The molecule has 0 rings (SSSR count). The third-order valence-electron chi connectivity index (χ3n) is 4.41. The average Bonchev–Trinajstić information content (AvgIpc) is 2.62. The fraction of sp³-hybridized carbons (Fsp3) is 0.870. The van der Waals surface area contributed by atoms with Crippen LogP contribution in [0.15, 0.2) is 12.2 Å². The first-order chi connectivity index (χ1) is 12.7. The molecule has 0 bridgehead atoms. The summed E-state index contributed by atoms with van der Waals surface area (Å²) in [5.41, 5.74) is 0. The first-order valence-electron chi connectivity index (χ1n) is 11.1. The normalized spacial score (nSPS) is 11.4. The molecule has 0 aromatic carbocycles. The maximum atomic E-state index is 11.3. The van der Waals surface area contributed by atoms with Gasteiger partial charge in [-0.2, -0.15) is 0 Å². The van der Waals surface area contributed by atoms with Crippen molar-refractivity contribution in [2.75, 3.05) is 13.2 Å². The monoisotopic (exact) mass is 368 g/mol. The van der Waals surface area contributed by atoms with Gasteiger partial charge in [0.25, 0.3) is 0 Å². The Hall–Kier alpha value is -0.990. The van der Waals surface area contributed by atoms with Crippen molar-refractivity contribution in [3.05, 3.63) is 12.2 Å². The van der Waals surface area contributed by atoms with Crippen LogP contribution in [0.5, 0.6) is 0 Å². The summed E-state index contributed by atoms with van der Waals surface area (Å²) in [6, 6.07) is 0. The summed E-state index contributed by atoms with van der Waals surface area (Å²) in [6.45, 7) is 7.21. The molecule has 0 amide bonds. The Bertz CT molecular complexity index is 323. The molecule has 0 radical (unpaired) electrons. The molecule has 154 valence electrons. The Labute approximate surface area is 162 Å². The molecular formula is C23H44O3. The van der Waals surface area contributed by atoms with Crippen molar-refractivity contribution in [2.24, 2.45) is 5.92 Å². The van der Waals surface area contributed by atoms with Gasteiger partial charge in [-0.3, -0.25) is 0 Å². The third-order valence-corrected chi connectivity index (χ3v) is 4.41. The summed E-state index contributed by atoms with van der Waals surface area (Å²) in [4.78, 5) is 11.3. The molecule has 0 fully saturated rings. The molecule has 0 N–H and O–H groups in total. The van der Waals surface area contributed by atoms with E-state index in [9.17, 15) is 4.79 Å². The molecule has 0 unspecified atom stereocenters. The molecular weight excluding hydrogens is 324 g/mol. The lowest BCUT2D eigenvalue weighted by atomic mass is 10.1. The lowest BCUT2D eigenvalue weighted by Gasteiger charge is -2.07. The molecule has 3 heteroatoms. The largest absolute Gasteiger partial charge is 0.508 e. The molecule has 3 nitrogen and oxygen atoms in total. The van der Waals surface area contributed by atoms with Crippen LogP contribution >= 0.6 is 0 Å². The van der Waals surface area contributed by atoms with Gasteiger partial charge in [0.05, 0.1) is 13.2 Å². The van der Waals surface area contributed by atoms with Gasteiger partial charge in [-0.1, -0.05) is 90.7 Å². The quantitative estimate of drug-likeness (QED) is 0.140. The first-order valence-corrected chi connectivity index (χ1v) is 11.1. The highest BCUT2D eigenvalue weighted by molar-refractivity contribution is 5.59. The Kier molecular flexibility index (Phi) is 19.5. The van der Waals surface area contributed by atoms with Gasteiger partial charge in [0, 0.05) is 0 Å². The second-order valence-electron chi connectivity index (χ2n) is 7.74. The summed E-state index contributed by atoms with van der Waals surface area (Å²) >= 11 is 0. The minimum absolute atomic E-state index is 0.355. The second-order valence-corrected chi connectivity index (χ2v) is 7.74. The van der Waals surface area contributed by atoms with Gasteiger partial charge in [0.1, 0.15) is 0 Å². The van der Waals surface area contributed by atoms with E-state index in [0.717, 1.165) is 12.8 Å². The molecule has 0 saturated heterocycles. The molecule has 0 aliphatic heterocycles. The highest BCUT2D eigenvalue weighted by atomic mass is 16.7. The van der Waals surface area contributed by atoms with Gasteiger partial charge < -0.3 is 9.47 Å². The van der Waals surface area contributed by atoms with E-state index in [0.29, 0.717) is 19.1 Å². The summed E-state index contributed by atoms with van der Waals surface area (Å²) in [6.07, 6.45) is 22.2. The number of unbranched alkanes of at least 4 members (excludes halogenated alkanes) is 12. The van der Waals surface area contributed by atoms with Crippen LogP contribution in [0.4, 0.5) is 4.79 Å². The number of ether oxygens (including phenoxy) is 2. The van der Waals surface area contributed by atoms with Crippen molar-refractivity contribution in [3.8, 4) is 0 Å². The van der Waals surface area contributed by atoms with E-state index in [1.165, 1.54) is 77.0 Å². The molecule has 0 aromatic heterocycles. The Morgan fingerprint density at radius 3 is 1.77 bits per heavy atom. The van der Waals surface area contributed by atoms with Crippen LogP contribution in [0.1, 0.15) is 111 Å². The molecule has 0 saturated carbocycles. The minimum Gasteiger partial charge on any atom is -0.434 e. The highest BCUT2D eigenvalue weighted by Gasteiger charge is 2.04. The van der Waals surface area contributed by atoms with Crippen LogP contribution in [0, 0.1) is 5.92 Å². The second kappa shape index (κ2) is 20.3. The Morgan fingerprint density at radius 1 is 0.731 bits per heavy atom. The van der Waals surface area contributed by atoms with Gasteiger partial charge >= 0.3 is 6.16 Å². The first kappa shape index (κ1) is 25.0. The molecule has 0 aromatic rings. The zero-order chi connectivity index (χ0) is 19.3. The smallest absolute Gasteiger partial charge is 0.434 e. The standard InChI is InChI=1S/C23H44O3/c1-4-5-6-7-8-9-10-11-12-13-14-15-16-17-18-19-20-25-23(24)26-21-22(2)3/h11-12,22H,4-10,13-21H2,1-3H3. The predicted octanol–water partition coefficient (Wildman–Crippen LogP) is 7.83. The van der Waals surface area contributed by atoms with Crippen molar-refractivity contribution in [1.82, 2.24) is 0 Å². The van der Waals surface area contributed by atoms with Gasteiger partial charge in [-0.15, -0.1) is 0 Å². The summed E-state index contributed by atoms with van der Waals surface area (Å²) in [5, 5.41) is 0. The van der Waals surface area contributed by atoms with E-state index in [1.807, 2.05) is 13.8 Å². The summed E-state index contributed by atoms with van der Waals surface area (Å²) in [5.74, 6) is 0.355. The molecule has 26 heavy (non-hydrogen) atoms. The van der Waals surface area contributed by atoms with Crippen LogP contribution in [0.25, 0.3) is 0 Å². The maximum Gasteiger partial charge on any atom is 0.508 e. The SMILES string of the molecule is CCCCCCCCC=CCCCCCCCCOC(=O)OCC(C)C. The van der Waals surface area contributed by atoms with Gasteiger partial charge in [0.15, 0.2) is 0 Å². The lowest BCUT2D eigenvalue weighted by molar-refractivity contribution is 0.0465. The van der Waals surface area contributed by atoms with Crippen molar-refractivity contribution >= 4 is 6.16 Å². The van der Waals surface area contributed by atoms with Crippen LogP contribution in [0.2, 0.25) is 0 Å². The highest BCUT2D eigenvalue weighted by Crippen LogP contribution is 2.10. The molecule has 0 aliphatic rings. The van der Waals surface area contributed by atoms with Crippen LogP contribution < -0.4 is 0 Å². The van der Waals surface area contributed by atoms with Crippen molar-refractivity contribution < 1.29 is 14.3 Å². The van der Waals surface area contributed by atoms with Crippen LogP contribution in [-0.2, 0) is 9.47 Å². The number of carbonyl (C=O) groups excluding carboxylic acids is 1. The van der Waals surface area contributed by atoms with E-state index in [4.69, 9.17) is 9.47 Å².